The molecule has 0 fully saturated rings. The minimum absolute atomic E-state index is 0.247. The number of benzene rings is 2. The van der Waals surface area contributed by atoms with Gasteiger partial charge in [-0.2, -0.15) is 0 Å². The third-order valence-corrected chi connectivity index (χ3v) is 4.86. The topological polar surface area (TPSA) is 52.0 Å². The van der Waals surface area contributed by atoms with Crippen LogP contribution < -0.4 is 0 Å². The minimum Gasteiger partial charge on any atom is -0.236 e. The van der Waals surface area contributed by atoms with E-state index in [0.29, 0.717) is 5.82 Å². The number of hydrogen-bond acceptors (Lipinski definition) is 3. The first-order valence-corrected chi connectivity index (χ1v) is 7.94. The largest absolute Gasteiger partial charge is 0.269 e. The van der Waals surface area contributed by atoms with Crippen LogP contribution in [0, 0.1) is 6.92 Å². The van der Waals surface area contributed by atoms with E-state index in [4.69, 9.17) is 0 Å². The molecule has 21 heavy (non-hydrogen) atoms. The molecule has 0 atom stereocenters. The van der Waals surface area contributed by atoms with E-state index < -0.39 is 10.0 Å². The van der Waals surface area contributed by atoms with Gasteiger partial charge in [0.25, 0.3) is 10.0 Å². The Morgan fingerprint density at radius 1 is 1.00 bits per heavy atom. The second-order valence-corrected chi connectivity index (χ2v) is 6.55. The average Bonchev–Trinajstić information content (AvgIpc) is 2.98. The summed E-state index contributed by atoms with van der Waals surface area (Å²) in [6.07, 6.45) is 2.97. The van der Waals surface area contributed by atoms with E-state index in [1.54, 1.807) is 30.3 Å². The fourth-order valence-electron chi connectivity index (χ4n) is 2.18. The smallest absolute Gasteiger partial charge is 0.236 e. The predicted octanol–water partition coefficient (Wildman–Crippen LogP) is 3.10. The van der Waals surface area contributed by atoms with Gasteiger partial charge in [0.15, 0.2) is 5.82 Å². The fraction of sp³-hybridized carbons (Fsp3) is 0.0625. The van der Waals surface area contributed by atoms with E-state index in [1.165, 1.54) is 16.4 Å². The van der Waals surface area contributed by atoms with Crippen molar-refractivity contribution < 1.29 is 8.42 Å². The summed E-state index contributed by atoms with van der Waals surface area (Å²) in [7, 11) is -3.63. The second kappa shape index (κ2) is 5.18. The minimum atomic E-state index is -3.63. The van der Waals surface area contributed by atoms with Gasteiger partial charge < -0.3 is 0 Å². The lowest BCUT2D eigenvalue weighted by atomic mass is 10.1. The first-order valence-electron chi connectivity index (χ1n) is 6.50. The molecule has 1 aromatic heterocycles. The number of hydrogen-bond donors (Lipinski definition) is 0. The molecule has 3 rings (SSSR count). The summed E-state index contributed by atoms with van der Waals surface area (Å²) < 4.78 is 26.6. The van der Waals surface area contributed by atoms with E-state index in [1.807, 2.05) is 31.2 Å². The molecule has 0 unspecified atom stereocenters. The van der Waals surface area contributed by atoms with Crippen LogP contribution >= 0.6 is 0 Å². The van der Waals surface area contributed by atoms with Gasteiger partial charge in [0.1, 0.15) is 0 Å². The van der Waals surface area contributed by atoms with E-state index in [0.717, 1.165) is 11.1 Å². The summed E-state index contributed by atoms with van der Waals surface area (Å²) in [5, 5.41) is 0. The van der Waals surface area contributed by atoms with E-state index in [9.17, 15) is 8.42 Å². The third kappa shape index (κ3) is 2.48. The lowest BCUT2D eigenvalue weighted by molar-refractivity contribution is 0.588. The van der Waals surface area contributed by atoms with Crippen molar-refractivity contribution in [1.82, 2.24) is 8.96 Å². The van der Waals surface area contributed by atoms with Crippen molar-refractivity contribution in [2.45, 2.75) is 11.8 Å². The van der Waals surface area contributed by atoms with Gasteiger partial charge in [0, 0.05) is 18.0 Å². The summed E-state index contributed by atoms with van der Waals surface area (Å²) in [5.74, 6) is 0.419. The van der Waals surface area contributed by atoms with Crippen molar-refractivity contribution in [3.8, 4) is 11.4 Å². The summed E-state index contributed by atoms with van der Waals surface area (Å²) in [5.41, 5.74) is 1.83. The molecule has 3 aromatic rings. The van der Waals surface area contributed by atoms with Gasteiger partial charge in [-0.3, -0.25) is 0 Å². The first-order chi connectivity index (χ1) is 10.1. The molecule has 0 spiro atoms. The molecular weight excluding hydrogens is 284 g/mol. The van der Waals surface area contributed by atoms with Gasteiger partial charge >= 0.3 is 0 Å². The highest BCUT2D eigenvalue weighted by molar-refractivity contribution is 7.90. The lowest BCUT2D eigenvalue weighted by Gasteiger charge is -2.09. The standard InChI is InChI=1S/C16H14N2O2S/c1-13-6-5-7-14(12-13)16-17-10-11-18(16)21(19,20)15-8-3-2-4-9-15/h2-12H,1H3. The Labute approximate surface area is 123 Å². The molecule has 0 saturated carbocycles. The highest BCUT2D eigenvalue weighted by Gasteiger charge is 2.20. The number of aromatic nitrogens is 2. The van der Waals surface area contributed by atoms with Crippen LogP contribution in [-0.2, 0) is 10.0 Å². The first kappa shape index (κ1) is 13.6. The summed E-state index contributed by atoms with van der Waals surface area (Å²) in [6.45, 7) is 1.96. The molecule has 0 radical (unpaired) electrons. The van der Waals surface area contributed by atoms with Crippen LogP contribution in [0.5, 0.6) is 0 Å². The van der Waals surface area contributed by atoms with E-state index in [2.05, 4.69) is 4.98 Å². The van der Waals surface area contributed by atoms with Crippen LogP contribution in [0.15, 0.2) is 71.9 Å². The maximum Gasteiger partial charge on any atom is 0.269 e. The molecule has 2 aromatic carbocycles. The zero-order chi connectivity index (χ0) is 14.9. The maximum atomic E-state index is 12.7. The molecule has 0 amide bonds. The Kier molecular flexibility index (Phi) is 3.35. The van der Waals surface area contributed by atoms with Gasteiger partial charge in [0.05, 0.1) is 4.90 Å². The number of imidazole rings is 1. The lowest BCUT2D eigenvalue weighted by Crippen LogP contribution is -2.13. The predicted molar refractivity (Wildman–Crippen MR) is 81.4 cm³/mol. The zero-order valence-electron chi connectivity index (χ0n) is 11.5. The molecule has 0 bridgehead atoms. The highest BCUT2D eigenvalue weighted by Crippen LogP contribution is 2.23. The molecule has 0 aliphatic rings. The molecule has 4 nitrogen and oxygen atoms in total. The van der Waals surface area contributed by atoms with Crippen molar-refractivity contribution in [3.63, 3.8) is 0 Å². The van der Waals surface area contributed by atoms with Crippen molar-refractivity contribution in [3.05, 3.63) is 72.6 Å². The molecule has 0 N–H and O–H groups in total. The van der Waals surface area contributed by atoms with Crippen molar-refractivity contribution >= 4 is 10.0 Å². The molecule has 0 aliphatic carbocycles. The third-order valence-electron chi connectivity index (χ3n) is 3.18. The van der Waals surface area contributed by atoms with Crippen LogP contribution in [0.1, 0.15) is 5.56 Å². The molecule has 5 heteroatoms. The van der Waals surface area contributed by atoms with Crippen LogP contribution in [0.3, 0.4) is 0 Å². The quantitative estimate of drug-likeness (QED) is 0.746. The normalized spacial score (nSPS) is 11.5. The van der Waals surface area contributed by atoms with Crippen molar-refractivity contribution in [2.75, 3.05) is 0 Å². The monoisotopic (exact) mass is 298 g/mol. The number of nitrogens with zero attached hydrogens (tertiary/aromatic N) is 2. The van der Waals surface area contributed by atoms with Gasteiger partial charge in [-0.15, -0.1) is 0 Å². The zero-order valence-corrected chi connectivity index (χ0v) is 12.3. The van der Waals surface area contributed by atoms with Crippen molar-refractivity contribution in [2.24, 2.45) is 0 Å². The Morgan fingerprint density at radius 2 is 1.76 bits per heavy atom. The van der Waals surface area contributed by atoms with E-state index in [-0.39, 0.29) is 4.90 Å². The van der Waals surface area contributed by atoms with Crippen LogP contribution in [0.25, 0.3) is 11.4 Å². The van der Waals surface area contributed by atoms with E-state index >= 15 is 0 Å². The van der Waals surface area contributed by atoms with Crippen LogP contribution in [0.2, 0.25) is 0 Å². The SMILES string of the molecule is Cc1cccc(-c2nccn2S(=O)(=O)c2ccccc2)c1. The number of aryl methyl sites for hydroxylation is 1. The highest BCUT2D eigenvalue weighted by atomic mass is 32.2. The van der Waals surface area contributed by atoms with Crippen LogP contribution in [-0.4, -0.2) is 17.4 Å². The average molecular weight is 298 g/mol. The molecule has 106 valence electrons. The Morgan fingerprint density at radius 3 is 2.48 bits per heavy atom. The fourth-order valence-corrected chi connectivity index (χ4v) is 3.50. The maximum absolute atomic E-state index is 12.7. The van der Waals surface area contributed by atoms with Crippen molar-refractivity contribution in [1.29, 1.82) is 0 Å². The van der Waals surface area contributed by atoms with Crippen LogP contribution in [0.4, 0.5) is 0 Å². The summed E-state index contributed by atoms with van der Waals surface area (Å²) in [4.78, 5) is 4.45. The Balaban J connectivity index is 2.16. The molecule has 1 heterocycles. The summed E-state index contributed by atoms with van der Waals surface area (Å²) >= 11 is 0. The Bertz CT molecular complexity index is 868. The number of rotatable bonds is 3. The second-order valence-electron chi connectivity index (χ2n) is 4.73. The molecular formula is C16H14N2O2S. The van der Waals surface area contributed by atoms with Gasteiger partial charge in [-0.25, -0.2) is 17.4 Å². The summed E-state index contributed by atoms with van der Waals surface area (Å²) in [6, 6.07) is 16.0. The van der Waals surface area contributed by atoms with Gasteiger partial charge in [-0.05, 0) is 25.1 Å². The molecule has 0 aliphatic heterocycles. The van der Waals surface area contributed by atoms with Gasteiger partial charge in [-0.1, -0.05) is 42.0 Å². The van der Waals surface area contributed by atoms with Gasteiger partial charge in [0.2, 0.25) is 0 Å². The molecule has 0 saturated heterocycles. The Hall–Kier alpha value is -2.40.